The van der Waals surface area contributed by atoms with Crippen LogP contribution < -0.4 is 15.0 Å². The highest BCUT2D eigenvalue weighted by Gasteiger charge is 2.80. The van der Waals surface area contributed by atoms with Gasteiger partial charge in [-0.15, -0.1) is 0 Å². The van der Waals surface area contributed by atoms with Crippen LogP contribution in [0.2, 0.25) is 0 Å². The topological polar surface area (TPSA) is 175 Å². The summed E-state index contributed by atoms with van der Waals surface area (Å²) in [6, 6.07) is 7.72. The van der Waals surface area contributed by atoms with Crippen LogP contribution in [0.15, 0.2) is 42.5 Å². The van der Waals surface area contributed by atoms with Gasteiger partial charge in [-0.05, 0) is 86.9 Å². The van der Waals surface area contributed by atoms with E-state index in [1.165, 1.54) is 28.3 Å². The maximum Gasteiger partial charge on any atom is 0.344 e. The first-order valence-corrected chi connectivity index (χ1v) is 24.3. The lowest BCUT2D eigenvalue weighted by Crippen LogP contribution is -2.81. The van der Waals surface area contributed by atoms with Crippen LogP contribution in [-0.2, 0) is 50.6 Å². The van der Waals surface area contributed by atoms with E-state index < -0.39 is 75.7 Å². The van der Waals surface area contributed by atoms with Gasteiger partial charge >= 0.3 is 23.9 Å². The van der Waals surface area contributed by atoms with E-state index in [-0.39, 0.29) is 25.4 Å². The standard InChI is InChI=1S/C51H64F2N6O10/c1-8-48-13-9-15-58-17-14-49(41(48)58)35-24-36(39(65-5)25-38(35)56(4)42(49)51(64,45(62)67-7)43(48)69-29(2)60)50(44(61)66-6)26-30-22-31(47(3,52)53)28-57(27-30)16-12-33-34-23-32(10-11-37(34)55-40(33)50)54-46(63)59-18-20-68-21-19-59/h9-11,13,23-25,30-31,41-43,55,64H,8,12,14-22,26-28H2,1-7H3,(H,54,63)/t30?,31?,41?,42?,43-,48-,49?,50-,51+/m0/s1. The number of morpholine rings is 1. The number of aliphatic hydroxyl groups is 1. The number of methoxy groups -OCH3 is 3. The van der Waals surface area contributed by atoms with E-state index in [1.807, 2.05) is 54.3 Å². The molecule has 372 valence electrons. The molecule has 16 nitrogen and oxygen atoms in total. The van der Waals surface area contributed by atoms with Gasteiger partial charge in [-0.2, -0.15) is 0 Å². The predicted molar refractivity (Wildman–Crippen MR) is 251 cm³/mol. The van der Waals surface area contributed by atoms with Gasteiger partial charge in [0.05, 0.1) is 40.6 Å². The zero-order valence-corrected chi connectivity index (χ0v) is 40.5. The first kappa shape index (κ1) is 47.4. The Morgan fingerprint density at radius 2 is 1.74 bits per heavy atom. The largest absolute Gasteiger partial charge is 0.496 e. The van der Waals surface area contributed by atoms with Crippen molar-refractivity contribution in [3.05, 3.63) is 64.9 Å². The van der Waals surface area contributed by atoms with E-state index >= 15 is 13.6 Å². The molecule has 0 radical (unpaired) electrons. The number of hydrogen-bond acceptors (Lipinski definition) is 13. The minimum Gasteiger partial charge on any atom is -0.496 e. The molecule has 6 unspecified atom stereocenters. The minimum absolute atomic E-state index is 0.0719. The molecule has 6 aliphatic heterocycles. The van der Waals surface area contributed by atoms with Crippen molar-refractivity contribution in [2.75, 3.05) is 97.6 Å². The van der Waals surface area contributed by atoms with Gasteiger partial charge in [0.2, 0.25) is 11.5 Å². The number of esters is 3. The molecule has 1 aliphatic carbocycles. The molecule has 2 amide bonds. The fourth-order valence-corrected chi connectivity index (χ4v) is 14.5. The third-order valence-electron chi connectivity index (χ3n) is 17.2. The Kier molecular flexibility index (Phi) is 11.6. The molecular weight excluding hydrogens is 895 g/mol. The quantitative estimate of drug-likeness (QED) is 0.157. The Balaban J connectivity index is 1.23. The lowest BCUT2D eigenvalue weighted by molar-refractivity contribution is -0.228. The zero-order chi connectivity index (χ0) is 49.0. The maximum atomic E-state index is 15.6. The van der Waals surface area contributed by atoms with Crippen LogP contribution in [-0.4, -0.2) is 166 Å². The van der Waals surface area contributed by atoms with Crippen molar-refractivity contribution >= 4 is 46.2 Å². The van der Waals surface area contributed by atoms with Gasteiger partial charge in [-0.3, -0.25) is 14.5 Å². The second-order valence-corrected chi connectivity index (χ2v) is 20.6. The molecule has 3 N–H and O–H groups in total. The number of fused-ring (bicyclic) bond motifs is 6. The Hall–Kier alpha value is -5.30. The summed E-state index contributed by atoms with van der Waals surface area (Å²) >= 11 is 0. The second-order valence-electron chi connectivity index (χ2n) is 20.6. The van der Waals surface area contributed by atoms with Gasteiger partial charge in [-0.25, -0.2) is 18.4 Å². The van der Waals surface area contributed by atoms with Gasteiger partial charge in [0.1, 0.15) is 11.2 Å². The van der Waals surface area contributed by atoms with E-state index in [0.717, 1.165) is 23.4 Å². The van der Waals surface area contributed by atoms with E-state index in [1.54, 1.807) is 11.9 Å². The van der Waals surface area contributed by atoms with Crippen LogP contribution in [0.4, 0.5) is 25.0 Å². The van der Waals surface area contributed by atoms with Gasteiger partial charge in [0.15, 0.2) is 6.10 Å². The number of likely N-dealkylation sites (N-methyl/N-ethyl adjacent to an activating group) is 1. The first-order valence-electron chi connectivity index (χ1n) is 24.3. The van der Waals surface area contributed by atoms with Crippen molar-refractivity contribution in [1.29, 1.82) is 0 Å². The molecule has 4 fully saturated rings. The highest BCUT2D eigenvalue weighted by Crippen LogP contribution is 2.68. The first-order chi connectivity index (χ1) is 32.9. The van der Waals surface area contributed by atoms with Gasteiger partial charge in [0.25, 0.3) is 0 Å². The minimum atomic E-state index is -2.99. The number of ether oxygens (including phenoxy) is 5. The van der Waals surface area contributed by atoms with Crippen LogP contribution in [0.3, 0.4) is 0 Å². The number of nitrogens with zero attached hydrogens (tertiary/aromatic N) is 4. The summed E-state index contributed by atoms with van der Waals surface area (Å²) in [6.07, 6.45) is 4.13. The maximum absolute atomic E-state index is 15.6. The highest BCUT2D eigenvalue weighted by molar-refractivity contribution is 5.98. The number of carbonyl (C=O) groups is 4. The number of benzene rings is 2. The van der Waals surface area contributed by atoms with E-state index in [9.17, 15) is 19.5 Å². The number of nitrogens with one attached hydrogen (secondary N) is 2. The second kappa shape index (κ2) is 16.9. The molecule has 1 spiro atoms. The van der Waals surface area contributed by atoms with E-state index in [0.29, 0.717) is 106 Å². The summed E-state index contributed by atoms with van der Waals surface area (Å²) in [5.74, 6) is -6.29. The third-order valence-corrected chi connectivity index (χ3v) is 17.2. The highest BCUT2D eigenvalue weighted by atomic mass is 19.3. The summed E-state index contributed by atoms with van der Waals surface area (Å²) in [5.41, 5.74) is -1.79. The van der Waals surface area contributed by atoms with Crippen molar-refractivity contribution < 1.29 is 56.7 Å². The van der Waals surface area contributed by atoms with Crippen LogP contribution in [0.5, 0.6) is 5.75 Å². The number of anilines is 2. The molecule has 7 aliphatic rings. The van der Waals surface area contributed by atoms with Crippen molar-refractivity contribution in [2.24, 2.45) is 17.3 Å². The number of alkyl halides is 2. The number of H-pyrrole nitrogens is 1. The van der Waals surface area contributed by atoms with Crippen LogP contribution in [0.1, 0.15) is 68.8 Å². The van der Waals surface area contributed by atoms with Gasteiger partial charge in [0, 0.05) is 116 Å². The normalized spacial score (nSPS) is 33.8. The lowest BCUT2D eigenvalue weighted by Gasteiger charge is -2.63. The molecule has 10 atom stereocenters. The van der Waals surface area contributed by atoms with Gasteiger partial charge in [-0.1, -0.05) is 19.1 Å². The molecular formula is C51H64F2N6O10. The smallest absolute Gasteiger partial charge is 0.344 e. The number of carbonyl (C=O) groups excluding carboxylic acids is 4. The number of piperidine rings is 1. The Morgan fingerprint density at radius 3 is 2.42 bits per heavy atom. The molecule has 2 aromatic carbocycles. The van der Waals surface area contributed by atoms with Crippen LogP contribution >= 0.6 is 0 Å². The average Bonchev–Trinajstić information content (AvgIpc) is 4.00. The average molecular weight is 959 g/mol. The summed E-state index contributed by atoms with van der Waals surface area (Å²) in [6.45, 7) is 8.23. The Bertz CT molecular complexity index is 2610. The zero-order valence-electron chi connectivity index (χ0n) is 40.5. The lowest BCUT2D eigenvalue weighted by atomic mass is 9.47. The number of hydrogen-bond donors (Lipinski definition) is 3. The number of amides is 2. The Morgan fingerprint density at radius 1 is 0.986 bits per heavy atom. The van der Waals surface area contributed by atoms with Crippen LogP contribution in [0, 0.1) is 17.3 Å². The predicted octanol–water partition coefficient (Wildman–Crippen LogP) is 4.99. The number of rotatable bonds is 8. The summed E-state index contributed by atoms with van der Waals surface area (Å²) in [4.78, 5) is 68.4. The molecule has 10 rings (SSSR count). The van der Waals surface area contributed by atoms with Crippen molar-refractivity contribution in [2.45, 2.75) is 93.4 Å². The Labute approximate surface area is 400 Å². The summed E-state index contributed by atoms with van der Waals surface area (Å²) in [7, 11) is 5.87. The summed E-state index contributed by atoms with van der Waals surface area (Å²) in [5, 5.41) is 17.2. The van der Waals surface area contributed by atoms with Crippen molar-refractivity contribution in [3.63, 3.8) is 0 Å². The third kappa shape index (κ3) is 6.85. The number of halogens is 2. The summed E-state index contributed by atoms with van der Waals surface area (Å²) < 4.78 is 60.6. The number of urea groups is 1. The van der Waals surface area contributed by atoms with E-state index in [2.05, 4.69) is 20.1 Å². The molecule has 3 saturated heterocycles. The molecule has 69 heavy (non-hydrogen) atoms. The SMILES string of the molecule is CC[C@@]12C=CCN3CCC4(c5cc([C@@]6(C(=O)OC)CC7CC(C(C)(F)F)CN(CCc8c6[nH]c6ccc(NC(=O)N9CCOCC9)cc86)C7)c(OC)cc5N(C)C4[C@](O)(C(=O)OC)[C@H]1OC(C)=O)C32. The number of aromatic nitrogens is 1. The molecule has 3 aromatic rings. The fraction of sp³-hybridized carbons (Fsp3) is 0.608. The monoisotopic (exact) mass is 958 g/mol. The molecule has 1 saturated carbocycles. The molecule has 18 heteroatoms. The molecule has 7 heterocycles. The molecule has 1 aromatic heterocycles. The van der Waals surface area contributed by atoms with Gasteiger partial charge < -0.3 is 53.8 Å². The van der Waals surface area contributed by atoms with Crippen molar-refractivity contribution in [1.82, 2.24) is 19.7 Å². The fourth-order valence-electron chi connectivity index (χ4n) is 14.5. The van der Waals surface area contributed by atoms with Crippen molar-refractivity contribution in [3.8, 4) is 5.75 Å². The van der Waals surface area contributed by atoms with E-state index in [4.69, 9.17) is 23.7 Å². The number of aromatic amines is 1. The molecule has 2 bridgehead atoms. The van der Waals surface area contributed by atoms with Crippen LogP contribution in [0.25, 0.3) is 10.9 Å².